The molecule has 0 aliphatic heterocycles. The molecular weight excluding hydrogens is 482 g/mol. The van der Waals surface area contributed by atoms with E-state index in [2.05, 4.69) is 28.2 Å². The minimum Gasteiger partial charge on any atom is -0.493 e. The molecule has 1 aliphatic carbocycles. The van der Waals surface area contributed by atoms with E-state index >= 15 is 0 Å². The molecule has 8 heteroatoms. The lowest BCUT2D eigenvalue weighted by Crippen LogP contribution is -2.17. The minimum absolute atomic E-state index is 0.140. The SMILES string of the molecule is CCOC(=O)c1c(NC(=O)CCc2cc(OC)c(OC)cc2Br)sc2c1CCC(C)C2. The third-order valence-corrected chi connectivity index (χ3v) is 7.33. The number of anilines is 1. The summed E-state index contributed by atoms with van der Waals surface area (Å²) >= 11 is 5.04. The van der Waals surface area contributed by atoms with Crippen molar-refractivity contribution in [1.82, 2.24) is 0 Å². The highest BCUT2D eigenvalue weighted by molar-refractivity contribution is 9.10. The molecule has 31 heavy (non-hydrogen) atoms. The summed E-state index contributed by atoms with van der Waals surface area (Å²) in [4.78, 5) is 26.6. The van der Waals surface area contributed by atoms with Crippen LogP contribution in [0.1, 0.15) is 53.1 Å². The smallest absolute Gasteiger partial charge is 0.341 e. The molecule has 3 rings (SSSR count). The molecule has 0 radical (unpaired) electrons. The van der Waals surface area contributed by atoms with Crippen LogP contribution in [0.3, 0.4) is 0 Å². The van der Waals surface area contributed by atoms with Crippen LogP contribution in [0, 0.1) is 5.92 Å². The van der Waals surface area contributed by atoms with Gasteiger partial charge in [0.05, 0.1) is 26.4 Å². The number of benzene rings is 1. The van der Waals surface area contributed by atoms with Gasteiger partial charge in [0.2, 0.25) is 5.91 Å². The number of rotatable bonds is 8. The predicted molar refractivity (Wildman–Crippen MR) is 126 cm³/mol. The number of carbonyl (C=O) groups excluding carboxylic acids is 2. The molecule has 0 spiro atoms. The van der Waals surface area contributed by atoms with E-state index in [-0.39, 0.29) is 18.3 Å². The molecule has 6 nitrogen and oxygen atoms in total. The Labute approximate surface area is 195 Å². The zero-order valence-electron chi connectivity index (χ0n) is 18.3. The number of hydrogen-bond donors (Lipinski definition) is 1. The van der Waals surface area contributed by atoms with Crippen LogP contribution in [-0.2, 0) is 28.8 Å². The summed E-state index contributed by atoms with van der Waals surface area (Å²) < 4.78 is 16.8. The lowest BCUT2D eigenvalue weighted by atomic mass is 9.88. The van der Waals surface area contributed by atoms with Crippen LogP contribution in [0.2, 0.25) is 0 Å². The number of fused-ring (bicyclic) bond motifs is 1. The van der Waals surface area contributed by atoms with Gasteiger partial charge in [0.25, 0.3) is 0 Å². The largest absolute Gasteiger partial charge is 0.493 e. The third-order valence-electron chi connectivity index (χ3n) is 5.42. The Bertz CT molecular complexity index is 971. The number of aryl methyl sites for hydroxylation is 1. The second-order valence-corrected chi connectivity index (χ2v) is 9.58. The van der Waals surface area contributed by atoms with Crippen molar-refractivity contribution < 1.29 is 23.8 Å². The van der Waals surface area contributed by atoms with Gasteiger partial charge < -0.3 is 19.5 Å². The number of ether oxygens (including phenoxy) is 3. The number of carbonyl (C=O) groups is 2. The summed E-state index contributed by atoms with van der Waals surface area (Å²) in [7, 11) is 3.17. The molecule has 1 aromatic carbocycles. The summed E-state index contributed by atoms with van der Waals surface area (Å²) in [5, 5.41) is 3.58. The molecule has 1 aromatic heterocycles. The van der Waals surface area contributed by atoms with Gasteiger partial charge in [-0.1, -0.05) is 22.9 Å². The van der Waals surface area contributed by atoms with E-state index in [1.54, 1.807) is 21.1 Å². The molecular formula is C23H28BrNO5S. The van der Waals surface area contributed by atoms with E-state index in [0.29, 0.717) is 41.0 Å². The van der Waals surface area contributed by atoms with Crippen molar-refractivity contribution in [2.45, 2.75) is 46.0 Å². The summed E-state index contributed by atoms with van der Waals surface area (Å²) in [6.07, 6.45) is 3.60. The van der Waals surface area contributed by atoms with Crippen molar-refractivity contribution in [2.75, 3.05) is 26.1 Å². The fourth-order valence-corrected chi connectivity index (χ4v) is 5.72. The van der Waals surface area contributed by atoms with Crippen LogP contribution < -0.4 is 14.8 Å². The maximum Gasteiger partial charge on any atom is 0.341 e. The standard InChI is InChI=1S/C23H28BrNO5S/c1-5-30-23(27)21-15-8-6-13(2)10-19(15)31-22(21)25-20(26)9-7-14-11-17(28-3)18(29-4)12-16(14)24/h11-13H,5-10H2,1-4H3,(H,25,26). The van der Waals surface area contributed by atoms with Gasteiger partial charge >= 0.3 is 5.97 Å². The zero-order valence-corrected chi connectivity index (χ0v) is 20.7. The second kappa shape index (κ2) is 10.5. The van der Waals surface area contributed by atoms with Gasteiger partial charge in [-0.3, -0.25) is 4.79 Å². The molecule has 1 N–H and O–H groups in total. The van der Waals surface area contributed by atoms with Crippen LogP contribution in [0.25, 0.3) is 0 Å². The van der Waals surface area contributed by atoms with E-state index in [9.17, 15) is 9.59 Å². The predicted octanol–water partition coefficient (Wildman–Crippen LogP) is 5.40. The van der Waals surface area contributed by atoms with Gasteiger partial charge in [-0.25, -0.2) is 4.79 Å². The Morgan fingerprint density at radius 1 is 1.23 bits per heavy atom. The second-order valence-electron chi connectivity index (χ2n) is 7.62. The van der Waals surface area contributed by atoms with Gasteiger partial charge in [0, 0.05) is 15.8 Å². The first-order valence-corrected chi connectivity index (χ1v) is 12.0. The summed E-state index contributed by atoms with van der Waals surface area (Å²) in [6.45, 7) is 4.31. The maximum absolute atomic E-state index is 12.8. The average Bonchev–Trinajstić information content (AvgIpc) is 3.09. The topological polar surface area (TPSA) is 73.9 Å². The van der Waals surface area contributed by atoms with Crippen LogP contribution in [-0.4, -0.2) is 32.7 Å². The van der Waals surface area contributed by atoms with E-state index in [1.165, 1.54) is 16.2 Å². The molecule has 0 saturated heterocycles. The van der Waals surface area contributed by atoms with Crippen molar-refractivity contribution in [2.24, 2.45) is 5.92 Å². The third kappa shape index (κ3) is 5.41. The first kappa shape index (κ1) is 23.6. The van der Waals surface area contributed by atoms with E-state index in [0.717, 1.165) is 34.9 Å². The molecule has 1 atom stereocenters. The molecule has 2 aromatic rings. The number of hydrogen-bond acceptors (Lipinski definition) is 6. The number of halogens is 1. The lowest BCUT2D eigenvalue weighted by Gasteiger charge is -2.18. The van der Waals surface area contributed by atoms with Crippen LogP contribution >= 0.6 is 27.3 Å². The monoisotopic (exact) mass is 509 g/mol. The van der Waals surface area contributed by atoms with Crippen LogP contribution in [0.5, 0.6) is 11.5 Å². The van der Waals surface area contributed by atoms with Crippen molar-refractivity contribution >= 4 is 44.1 Å². The van der Waals surface area contributed by atoms with E-state index in [1.807, 2.05) is 12.1 Å². The highest BCUT2D eigenvalue weighted by Crippen LogP contribution is 2.40. The molecule has 1 amide bonds. The Hall–Kier alpha value is -2.06. The fourth-order valence-electron chi connectivity index (χ4n) is 3.78. The molecule has 1 unspecified atom stereocenters. The summed E-state index contributed by atoms with van der Waals surface area (Å²) in [5.74, 6) is 1.32. The molecule has 0 fully saturated rings. The van der Waals surface area contributed by atoms with Crippen molar-refractivity contribution in [3.63, 3.8) is 0 Å². The van der Waals surface area contributed by atoms with Crippen molar-refractivity contribution in [1.29, 1.82) is 0 Å². The molecule has 0 saturated carbocycles. The first-order valence-electron chi connectivity index (χ1n) is 10.4. The molecule has 0 bridgehead atoms. The van der Waals surface area contributed by atoms with Gasteiger partial charge in [-0.2, -0.15) is 0 Å². The fraction of sp³-hybridized carbons (Fsp3) is 0.478. The first-order chi connectivity index (χ1) is 14.9. The molecule has 168 valence electrons. The summed E-state index contributed by atoms with van der Waals surface area (Å²) in [6, 6.07) is 3.70. The van der Waals surface area contributed by atoms with Gasteiger partial charge in [-0.05, 0) is 61.8 Å². The Kier molecular flexibility index (Phi) is 8.00. The molecule has 1 aliphatic rings. The molecule has 1 heterocycles. The average molecular weight is 510 g/mol. The Morgan fingerprint density at radius 3 is 2.61 bits per heavy atom. The summed E-state index contributed by atoms with van der Waals surface area (Å²) in [5.41, 5.74) is 2.52. The number of methoxy groups -OCH3 is 2. The quantitative estimate of drug-likeness (QED) is 0.482. The van der Waals surface area contributed by atoms with Gasteiger partial charge in [-0.15, -0.1) is 11.3 Å². The zero-order chi connectivity index (χ0) is 22.5. The number of thiophene rings is 1. The Morgan fingerprint density at radius 2 is 1.94 bits per heavy atom. The highest BCUT2D eigenvalue weighted by atomic mass is 79.9. The Balaban J connectivity index is 1.76. The van der Waals surface area contributed by atoms with Gasteiger partial charge in [0.15, 0.2) is 11.5 Å². The highest BCUT2D eigenvalue weighted by Gasteiger charge is 2.29. The van der Waals surface area contributed by atoms with Crippen molar-refractivity contribution in [3.8, 4) is 11.5 Å². The van der Waals surface area contributed by atoms with E-state index < -0.39 is 0 Å². The van der Waals surface area contributed by atoms with Gasteiger partial charge in [0.1, 0.15) is 5.00 Å². The number of esters is 1. The normalized spacial score (nSPS) is 15.2. The van der Waals surface area contributed by atoms with E-state index in [4.69, 9.17) is 14.2 Å². The van der Waals surface area contributed by atoms with Crippen LogP contribution in [0.4, 0.5) is 5.00 Å². The number of nitrogens with one attached hydrogen (secondary N) is 1. The maximum atomic E-state index is 12.8. The lowest BCUT2D eigenvalue weighted by molar-refractivity contribution is -0.116. The minimum atomic E-state index is -0.354. The van der Waals surface area contributed by atoms with Crippen molar-refractivity contribution in [3.05, 3.63) is 38.2 Å². The van der Waals surface area contributed by atoms with Crippen LogP contribution in [0.15, 0.2) is 16.6 Å². The number of amides is 1.